The molecule has 0 aliphatic rings. The SMILES string of the molecule is Cc1ccc2ccccc2c1Cn1cccc1-c1cccnc1. The van der Waals surface area contributed by atoms with E-state index < -0.39 is 0 Å². The molecule has 0 N–H and O–H groups in total. The van der Waals surface area contributed by atoms with E-state index in [-0.39, 0.29) is 0 Å². The maximum atomic E-state index is 4.24. The van der Waals surface area contributed by atoms with Crippen molar-refractivity contribution in [2.45, 2.75) is 13.5 Å². The van der Waals surface area contributed by atoms with Crippen LogP contribution in [-0.2, 0) is 6.54 Å². The molecule has 4 rings (SSSR count). The number of fused-ring (bicyclic) bond motifs is 1. The van der Waals surface area contributed by atoms with E-state index in [9.17, 15) is 0 Å². The van der Waals surface area contributed by atoms with Crippen LogP contribution in [0.2, 0.25) is 0 Å². The van der Waals surface area contributed by atoms with Gasteiger partial charge in [-0.25, -0.2) is 0 Å². The van der Waals surface area contributed by atoms with Gasteiger partial charge < -0.3 is 4.57 Å². The molecule has 0 amide bonds. The number of hydrogen-bond donors (Lipinski definition) is 0. The van der Waals surface area contributed by atoms with E-state index in [1.165, 1.54) is 27.6 Å². The van der Waals surface area contributed by atoms with Gasteiger partial charge in [-0.2, -0.15) is 0 Å². The Labute approximate surface area is 136 Å². The van der Waals surface area contributed by atoms with Crippen LogP contribution in [0.25, 0.3) is 22.0 Å². The summed E-state index contributed by atoms with van der Waals surface area (Å²) in [7, 11) is 0. The number of aryl methyl sites for hydroxylation is 1. The zero-order valence-corrected chi connectivity index (χ0v) is 13.1. The van der Waals surface area contributed by atoms with Gasteiger partial charge in [0.25, 0.3) is 0 Å². The summed E-state index contributed by atoms with van der Waals surface area (Å²) in [5, 5.41) is 2.63. The fourth-order valence-electron chi connectivity index (χ4n) is 3.15. The smallest absolute Gasteiger partial charge is 0.0499 e. The maximum absolute atomic E-state index is 4.24. The van der Waals surface area contributed by atoms with Crippen LogP contribution in [0.1, 0.15) is 11.1 Å². The van der Waals surface area contributed by atoms with Gasteiger partial charge in [0.2, 0.25) is 0 Å². The molecule has 0 atom stereocenters. The molecule has 0 bridgehead atoms. The molecule has 112 valence electrons. The van der Waals surface area contributed by atoms with E-state index in [4.69, 9.17) is 0 Å². The molecule has 2 nitrogen and oxygen atoms in total. The van der Waals surface area contributed by atoms with Crippen LogP contribution in [0, 0.1) is 6.92 Å². The van der Waals surface area contributed by atoms with E-state index in [0.717, 1.165) is 12.1 Å². The molecule has 0 spiro atoms. The number of rotatable bonds is 3. The maximum Gasteiger partial charge on any atom is 0.0499 e. The second-order valence-corrected chi connectivity index (χ2v) is 5.85. The zero-order valence-electron chi connectivity index (χ0n) is 13.1. The topological polar surface area (TPSA) is 17.8 Å². The van der Waals surface area contributed by atoms with Crippen molar-refractivity contribution >= 4 is 10.8 Å². The Balaban J connectivity index is 1.81. The van der Waals surface area contributed by atoms with Crippen LogP contribution >= 0.6 is 0 Å². The number of benzene rings is 2. The average molecular weight is 298 g/mol. The number of nitrogens with zero attached hydrogens (tertiary/aromatic N) is 2. The predicted molar refractivity (Wildman–Crippen MR) is 95.5 cm³/mol. The van der Waals surface area contributed by atoms with Crippen molar-refractivity contribution in [1.82, 2.24) is 9.55 Å². The van der Waals surface area contributed by atoms with E-state index in [1.807, 2.05) is 18.5 Å². The van der Waals surface area contributed by atoms with Crippen molar-refractivity contribution in [3.63, 3.8) is 0 Å². The Morgan fingerprint density at radius 1 is 0.913 bits per heavy atom. The highest BCUT2D eigenvalue weighted by Crippen LogP contribution is 2.26. The van der Waals surface area contributed by atoms with Crippen molar-refractivity contribution in [2.24, 2.45) is 0 Å². The lowest BCUT2D eigenvalue weighted by atomic mass is 9.99. The van der Waals surface area contributed by atoms with Gasteiger partial charge in [0.1, 0.15) is 0 Å². The number of aromatic nitrogens is 2. The van der Waals surface area contributed by atoms with Gasteiger partial charge >= 0.3 is 0 Å². The van der Waals surface area contributed by atoms with Crippen LogP contribution in [0.3, 0.4) is 0 Å². The molecular formula is C21H18N2. The minimum Gasteiger partial charge on any atom is -0.343 e. The summed E-state index contributed by atoms with van der Waals surface area (Å²) in [5.74, 6) is 0. The van der Waals surface area contributed by atoms with Crippen LogP contribution < -0.4 is 0 Å². The second-order valence-electron chi connectivity index (χ2n) is 5.85. The molecule has 23 heavy (non-hydrogen) atoms. The van der Waals surface area contributed by atoms with E-state index in [1.54, 1.807) is 0 Å². The molecule has 0 fully saturated rings. The van der Waals surface area contributed by atoms with Gasteiger partial charge in [0.05, 0.1) is 0 Å². The Morgan fingerprint density at radius 3 is 2.70 bits per heavy atom. The van der Waals surface area contributed by atoms with Crippen molar-refractivity contribution in [2.75, 3.05) is 0 Å². The lowest BCUT2D eigenvalue weighted by molar-refractivity contribution is 0.814. The Morgan fingerprint density at radius 2 is 1.83 bits per heavy atom. The van der Waals surface area contributed by atoms with Crippen molar-refractivity contribution in [1.29, 1.82) is 0 Å². The summed E-state index contributed by atoms with van der Waals surface area (Å²) in [5.41, 5.74) is 5.06. The minimum absolute atomic E-state index is 0.865. The number of hydrogen-bond acceptors (Lipinski definition) is 1. The monoisotopic (exact) mass is 298 g/mol. The quantitative estimate of drug-likeness (QED) is 0.517. The van der Waals surface area contributed by atoms with Gasteiger partial charge in [-0.05, 0) is 53.1 Å². The van der Waals surface area contributed by atoms with Crippen LogP contribution in [0.4, 0.5) is 0 Å². The first-order valence-electron chi connectivity index (χ1n) is 7.86. The second kappa shape index (κ2) is 5.73. The minimum atomic E-state index is 0.865. The fourth-order valence-corrected chi connectivity index (χ4v) is 3.15. The Kier molecular flexibility index (Phi) is 3.43. The molecule has 4 aromatic rings. The highest BCUT2D eigenvalue weighted by Gasteiger charge is 2.09. The lowest BCUT2D eigenvalue weighted by Gasteiger charge is -2.14. The summed E-state index contributed by atoms with van der Waals surface area (Å²) in [4.78, 5) is 4.24. The molecule has 0 saturated carbocycles. The predicted octanol–water partition coefficient (Wildman–Crippen LogP) is 5.06. The van der Waals surface area contributed by atoms with Gasteiger partial charge in [-0.3, -0.25) is 4.98 Å². The van der Waals surface area contributed by atoms with E-state index in [2.05, 4.69) is 77.3 Å². The number of pyridine rings is 1. The summed E-state index contributed by atoms with van der Waals surface area (Å²) in [6, 6.07) is 21.4. The van der Waals surface area contributed by atoms with E-state index >= 15 is 0 Å². The molecule has 2 heterocycles. The highest BCUT2D eigenvalue weighted by atomic mass is 15.0. The van der Waals surface area contributed by atoms with Crippen LogP contribution in [-0.4, -0.2) is 9.55 Å². The first-order valence-corrected chi connectivity index (χ1v) is 7.86. The van der Waals surface area contributed by atoms with E-state index in [0.29, 0.717) is 0 Å². The fraction of sp³-hybridized carbons (Fsp3) is 0.0952. The molecule has 0 unspecified atom stereocenters. The molecule has 0 saturated heterocycles. The summed E-state index contributed by atoms with van der Waals surface area (Å²) in [6.45, 7) is 3.05. The van der Waals surface area contributed by atoms with Gasteiger partial charge in [-0.15, -0.1) is 0 Å². The van der Waals surface area contributed by atoms with Crippen LogP contribution in [0.5, 0.6) is 0 Å². The summed E-state index contributed by atoms with van der Waals surface area (Å²) in [6.07, 6.45) is 5.87. The first kappa shape index (κ1) is 13.8. The zero-order chi connectivity index (χ0) is 15.6. The molecule has 0 aliphatic heterocycles. The first-order chi connectivity index (χ1) is 11.3. The van der Waals surface area contributed by atoms with Gasteiger partial charge in [0, 0.05) is 36.4 Å². The average Bonchev–Trinajstić information content (AvgIpc) is 3.06. The highest BCUT2D eigenvalue weighted by molar-refractivity contribution is 5.86. The molecular weight excluding hydrogens is 280 g/mol. The molecule has 0 radical (unpaired) electrons. The van der Waals surface area contributed by atoms with Gasteiger partial charge in [-0.1, -0.05) is 36.4 Å². The van der Waals surface area contributed by atoms with Crippen molar-refractivity contribution < 1.29 is 0 Å². The molecule has 0 aliphatic carbocycles. The third-order valence-electron chi connectivity index (χ3n) is 4.39. The van der Waals surface area contributed by atoms with Gasteiger partial charge in [0.15, 0.2) is 0 Å². The molecule has 2 aromatic heterocycles. The third kappa shape index (κ3) is 2.53. The van der Waals surface area contributed by atoms with Crippen molar-refractivity contribution in [3.8, 4) is 11.3 Å². The molecule has 2 aromatic carbocycles. The largest absolute Gasteiger partial charge is 0.343 e. The van der Waals surface area contributed by atoms with Crippen molar-refractivity contribution in [3.05, 3.63) is 90.4 Å². The molecule has 2 heteroatoms. The Bertz CT molecular complexity index is 952. The van der Waals surface area contributed by atoms with Crippen LogP contribution in [0.15, 0.2) is 79.3 Å². The summed E-state index contributed by atoms with van der Waals surface area (Å²) >= 11 is 0. The standard InChI is InChI=1S/C21H18N2/c1-16-10-11-17-6-2-3-8-19(17)20(16)15-23-13-5-9-21(23)18-7-4-12-22-14-18/h2-14H,15H2,1H3. The third-order valence-corrected chi connectivity index (χ3v) is 4.39. The normalized spacial score (nSPS) is 11.0. The Hall–Kier alpha value is -2.87. The lowest BCUT2D eigenvalue weighted by Crippen LogP contribution is -2.03. The summed E-state index contributed by atoms with van der Waals surface area (Å²) < 4.78 is 2.30.